The molecule has 1 aromatic carbocycles. The van der Waals surface area contributed by atoms with Gasteiger partial charge in [-0.05, 0) is 31.0 Å². The molecule has 2 rings (SSSR count). The van der Waals surface area contributed by atoms with Crippen molar-refractivity contribution in [2.75, 3.05) is 6.54 Å². The van der Waals surface area contributed by atoms with Crippen LogP contribution in [0.5, 0.6) is 0 Å². The number of halogens is 2. The first-order chi connectivity index (χ1) is 9.13. The molecule has 104 valence electrons. The normalized spacial score (nSPS) is 21.6. The SMILES string of the molecule is N/C(=N/O)C1CCCCN1Cc1cccc(Cl)c1Cl. The standard InChI is InChI=1S/C13H17Cl2N3O/c14-10-5-3-4-9(12(10)15)8-18-7-2-1-6-11(18)13(16)17-19/h3-5,11,19H,1-2,6-8H2,(H2,16,17). The molecule has 1 aromatic rings. The highest BCUT2D eigenvalue weighted by Gasteiger charge is 2.26. The van der Waals surface area contributed by atoms with Gasteiger partial charge in [-0.2, -0.15) is 0 Å². The largest absolute Gasteiger partial charge is 0.409 e. The Morgan fingerprint density at radius 1 is 1.42 bits per heavy atom. The summed E-state index contributed by atoms with van der Waals surface area (Å²) in [5.74, 6) is 0.262. The molecule has 0 aliphatic carbocycles. The Labute approximate surface area is 122 Å². The molecule has 3 N–H and O–H groups in total. The van der Waals surface area contributed by atoms with E-state index in [4.69, 9.17) is 34.1 Å². The zero-order valence-corrected chi connectivity index (χ0v) is 12.0. The van der Waals surface area contributed by atoms with Crippen molar-refractivity contribution in [3.8, 4) is 0 Å². The van der Waals surface area contributed by atoms with E-state index in [1.165, 1.54) is 0 Å². The monoisotopic (exact) mass is 301 g/mol. The Morgan fingerprint density at radius 2 is 2.21 bits per heavy atom. The molecule has 1 fully saturated rings. The molecule has 6 heteroatoms. The molecule has 1 aliphatic rings. The van der Waals surface area contributed by atoms with E-state index in [2.05, 4.69) is 10.1 Å². The van der Waals surface area contributed by atoms with Crippen LogP contribution in [0.15, 0.2) is 23.4 Å². The quantitative estimate of drug-likeness (QED) is 0.390. The first-order valence-corrected chi connectivity index (χ1v) is 7.03. The third kappa shape index (κ3) is 3.32. The third-order valence-corrected chi connectivity index (χ3v) is 4.33. The molecule has 1 unspecified atom stereocenters. The van der Waals surface area contributed by atoms with Gasteiger partial charge in [-0.1, -0.05) is 46.9 Å². The van der Waals surface area contributed by atoms with Crippen molar-refractivity contribution < 1.29 is 5.21 Å². The van der Waals surface area contributed by atoms with Gasteiger partial charge in [-0.15, -0.1) is 0 Å². The van der Waals surface area contributed by atoms with E-state index < -0.39 is 0 Å². The molecule has 0 aromatic heterocycles. The molecule has 0 bridgehead atoms. The van der Waals surface area contributed by atoms with Gasteiger partial charge < -0.3 is 10.9 Å². The van der Waals surface area contributed by atoms with E-state index in [-0.39, 0.29) is 11.9 Å². The summed E-state index contributed by atoms with van der Waals surface area (Å²) in [6, 6.07) is 5.57. The van der Waals surface area contributed by atoms with Gasteiger partial charge in [0.1, 0.15) is 0 Å². The highest BCUT2D eigenvalue weighted by Crippen LogP contribution is 2.28. The lowest BCUT2D eigenvalue weighted by Gasteiger charge is -2.34. The van der Waals surface area contributed by atoms with Gasteiger partial charge in [0.15, 0.2) is 5.84 Å². The van der Waals surface area contributed by atoms with Crippen molar-refractivity contribution >= 4 is 29.0 Å². The van der Waals surface area contributed by atoms with Crippen molar-refractivity contribution in [2.24, 2.45) is 10.9 Å². The lowest BCUT2D eigenvalue weighted by atomic mass is 10.0. The highest BCUT2D eigenvalue weighted by atomic mass is 35.5. The summed E-state index contributed by atoms with van der Waals surface area (Å²) in [5.41, 5.74) is 6.72. The summed E-state index contributed by atoms with van der Waals surface area (Å²) in [7, 11) is 0. The van der Waals surface area contributed by atoms with Gasteiger partial charge in [0.25, 0.3) is 0 Å². The summed E-state index contributed by atoms with van der Waals surface area (Å²) >= 11 is 12.2. The van der Waals surface area contributed by atoms with Gasteiger partial charge in [-0.25, -0.2) is 0 Å². The maximum absolute atomic E-state index is 8.86. The summed E-state index contributed by atoms with van der Waals surface area (Å²) in [6.45, 7) is 1.56. The Balaban J connectivity index is 2.18. The number of hydrogen-bond acceptors (Lipinski definition) is 3. The Morgan fingerprint density at radius 3 is 2.95 bits per heavy atom. The fraction of sp³-hybridized carbons (Fsp3) is 0.462. The van der Waals surface area contributed by atoms with Crippen LogP contribution in [0, 0.1) is 0 Å². The second-order valence-electron chi connectivity index (χ2n) is 4.72. The molecule has 1 saturated heterocycles. The first-order valence-electron chi connectivity index (χ1n) is 6.28. The molecule has 4 nitrogen and oxygen atoms in total. The van der Waals surface area contributed by atoms with Crippen LogP contribution in [0.4, 0.5) is 0 Å². The van der Waals surface area contributed by atoms with Crippen molar-refractivity contribution in [2.45, 2.75) is 31.8 Å². The topological polar surface area (TPSA) is 61.9 Å². The average Bonchev–Trinajstić information content (AvgIpc) is 2.43. The minimum absolute atomic E-state index is 0.0335. The van der Waals surface area contributed by atoms with Gasteiger partial charge >= 0.3 is 0 Å². The van der Waals surface area contributed by atoms with Gasteiger partial charge in [-0.3, -0.25) is 4.90 Å². The molecule has 0 amide bonds. The van der Waals surface area contributed by atoms with E-state index >= 15 is 0 Å². The predicted molar refractivity (Wildman–Crippen MR) is 77.9 cm³/mol. The second kappa shape index (κ2) is 6.46. The molecule has 1 atom stereocenters. The van der Waals surface area contributed by atoms with Crippen LogP contribution >= 0.6 is 23.2 Å². The van der Waals surface area contributed by atoms with E-state index in [1.54, 1.807) is 6.07 Å². The van der Waals surface area contributed by atoms with Crippen LogP contribution < -0.4 is 5.73 Å². The molecular weight excluding hydrogens is 285 g/mol. The second-order valence-corrected chi connectivity index (χ2v) is 5.51. The third-order valence-electron chi connectivity index (χ3n) is 3.48. The number of oxime groups is 1. The van der Waals surface area contributed by atoms with Crippen LogP contribution in [0.2, 0.25) is 10.0 Å². The number of rotatable bonds is 3. The van der Waals surface area contributed by atoms with E-state index in [1.807, 2.05) is 12.1 Å². The molecule has 0 spiro atoms. The maximum atomic E-state index is 8.86. The van der Waals surface area contributed by atoms with Crippen LogP contribution in [-0.4, -0.2) is 28.5 Å². The summed E-state index contributed by atoms with van der Waals surface area (Å²) in [5, 5.41) is 13.1. The average molecular weight is 302 g/mol. The number of likely N-dealkylation sites (tertiary alicyclic amines) is 1. The number of nitrogens with two attached hydrogens (primary N) is 1. The summed E-state index contributed by atoms with van der Waals surface area (Å²) in [6.07, 6.45) is 3.09. The van der Waals surface area contributed by atoms with Crippen LogP contribution in [0.25, 0.3) is 0 Å². The van der Waals surface area contributed by atoms with Gasteiger partial charge in [0, 0.05) is 6.54 Å². The van der Waals surface area contributed by atoms with Crippen LogP contribution in [0.3, 0.4) is 0 Å². The van der Waals surface area contributed by atoms with Crippen molar-refractivity contribution in [1.29, 1.82) is 0 Å². The first kappa shape index (κ1) is 14.4. The Bertz CT molecular complexity index is 479. The van der Waals surface area contributed by atoms with E-state index in [0.717, 1.165) is 31.4 Å². The zero-order chi connectivity index (χ0) is 13.8. The maximum Gasteiger partial charge on any atom is 0.156 e. The van der Waals surface area contributed by atoms with Crippen molar-refractivity contribution in [3.63, 3.8) is 0 Å². The minimum Gasteiger partial charge on any atom is -0.409 e. The summed E-state index contributed by atoms with van der Waals surface area (Å²) < 4.78 is 0. The number of hydrogen-bond donors (Lipinski definition) is 2. The van der Waals surface area contributed by atoms with Crippen LogP contribution in [-0.2, 0) is 6.54 Å². The van der Waals surface area contributed by atoms with Crippen molar-refractivity contribution in [1.82, 2.24) is 4.90 Å². The number of amidine groups is 1. The van der Waals surface area contributed by atoms with E-state index in [0.29, 0.717) is 16.6 Å². The smallest absolute Gasteiger partial charge is 0.156 e. The van der Waals surface area contributed by atoms with Crippen LogP contribution in [0.1, 0.15) is 24.8 Å². The Kier molecular flexibility index (Phi) is 4.91. The van der Waals surface area contributed by atoms with Gasteiger partial charge in [0.05, 0.1) is 16.1 Å². The highest BCUT2D eigenvalue weighted by molar-refractivity contribution is 6.42. The fourth-order valence-corrected chi connectivity index (χ4v) is 2.85. The van der Waals surface area contributed by atoms with E-state index in [9.17, 15) is 0 Å². The molecule has 19 heavy (non-hydrogen) atoms. The lowest BCUT2D eigenvalue weighted by molar-refractivity contribution is 0.178. The minimum atomic E-state index is -0.0335. The lowest BCUT2D eigenvalue weighted by Crippen LogP contribution is -2.47. The predicted octanol–water partition coefficient (Wildman–Crippen LogP) is 3.09. The zero-order valence-electron chi connectivity index (χ0n) is 10.5. The number of nitrogens with zero attached hydrogens (tertiary/aromatic N) is 2. The Hall–Kier alpha value is -0.970. The molecule has 0 saturated carbocycles. The van der Waals surface area contributed by atoms with Crippen molar-refractivity contribution in [3.05, 3.63) is 33.8 Å². The molecule has 1 aliphatic heterocycles. The number of benzene rings is 1. The summed E-state index contributed by atoms with van der Waals surface area (Å²) in [4.78, 5) is 2.18. The molecule has 1 heterocycles. The number of piperidine rings is 1. The fourth-order valence-electron chi connectivity index (χ4n) is 2.47. The molecular formula is C13H17Cl2N3O. The van der Waals surface area contributed by atoms with Gasteiger partial charge in [0.2, 0.25) is 0 Å². The molecule has 0 radical (unpaired) electrons.